The zero-order valence-corrected chi connectivity index (χ0v) is 19.2. The maximum absolute atomic E-state index is 14.4. The average Bonchev–Trinajstić information content (AvgIpc) is 2.82. The molecule has 0 saturated heterocycles. The van der Waals surface area contributed by atoms with Gasteiger partial charge in [-0.2, -0.15) is 4.98 Å². The monoisotopic (exact) mass is 471 g/mol. The third kappa shape index (κ3) is 4.56. The molecule has 1 fully saturated rings. The fourth-order valence-electron chi connectivity index (χ4n) is 4.36. The molecule has 3 aromatic heterocycles. The predicted molar refractivity (Wildman–Crippen MR) is 122 cm³/mol. The van der Waals surface area contributed by atoms with Crippen molar-refractivity contribution in [1.82, 2.24) is 19.5 Å². The number of pyridine rings is 2. The lowest BCUT2D eigenvalue weighted by atomic mass is 9.92. The van der Waals surface area contributed by atoms with Crippen molar-refractivity contribution in [2.24, 2.45) is 0 Å². The number of fused-ring (bicyclic) bond motifs is 1. The molecule has 11 heteroatoms. The van der Waals surface area contributed by atoms with Crippen LogP contribution in [-0.4, -0.2) is 52.4 Å². The van der Waals surface area contributed by atoms with Crippen LogP contribution in [0.15, 0.2) is 23.1 Å². The third-order valence-corrected chi connectivity index (χ3v) is 6.08. The van der Waals surface area contributed by atoms with E-state index in [9.17, 15) is 14.0 Å². The van der Waals surface area contributed by atoms with E-state index in [1.54, 1.807) is 17.6 Å². The second-order valence-electron chi connectivity index (χ2n) is 8.17. The molecule has 0 atom stereocenters. The number of anilines is 1. The first-order valence-electron chi connectivity index (χ1n) is 10.9. The Kier molecular flexibility index (Phi) is 6.73. The molecule has 0 aliphatic heterocycles. The van der Waals surface area contributed by atoms with E-state index in [4.69, 9.17) is 15.2 Å². The van der Waals surface area contributed by atoms with E-state index in [2.05, 4.69) is 19.7 Å². The molecule has 34 heavy (non-hydrogen) atoms. The van der Waals surface area contributed by atoms with Gasteiger partial charge in [0.15, 0.2) is 5.82 Å². The van der Waals surface area contributed by atoms with Crippen molar-refractivity contribution in [3.63, 3.8) is 0 Å². The van der Waals surface area contributed by atoms with Gasteiger partial charge in [0.25, 0.3) is 5.56 Å². The molecule has 1 saturated carbocycles. The zero-order chi connectivity index (χ0) is 24.4. The van der Waals surface area contributed by atoms with Crippen LogP contribution in [0, 0.1) is 12.7 Å². The van der Waals surface area contributed by atoms with Crippen LogP contribution < -0.4 is 16.0 Å². The van der Waals surface area contributed by atoms with Crippen LogP contribution in [0.2, 0.25) is 0 Å². The van der Waals surface area contributed by atoms with Gasteiger partial charge in [-0.05, 0) is 44.7 Å². The fourth-order valence-corrected chi connectivity index (χ4v) is 4.36. The molecule has 0 unspecified atom stereocenters. The highest BCUT2D eigenvalue weighted by molar-refractivity contribution is 5.84. The number of esters is 1. The highest BCUT2D eigenvalue weighted by atomic mass is 19.1. The molecule has 4 rings (SSSR count). The van der Waals surface area contributed by atoms with E-state index < -0.39 is 11.8 Å². The number of methoxy groups -OCH3 is 2. The van der Waals surface area contributed by atoms with Gasteiger partial charge in [0.1, 0.15) is 12.3 Å². The molecule has 0 spiro atoms. The van der Waals surface area contributed by atoms with Gasteiger partial charge in [-0.25, -0.2) is 19.2 Å². The number of carbonyl (C=O) groups excluding carboxylic acids is 1. The normalized spacial score (nSPS) is 18.1. The summed E-state index contributed by atoms with van der Waals surface area (Å²) in [5.74, 6) is -1.18. The first kappa shape index (κ1) is 23.6. The molecular formula is C23H26FN5O5. The summed E-state index contributed by atoms with van der Waals surface area (Å²) in [6.07, 6.45) is 3.85. The number of hydrogen-bond donors (Lipinski definition) is 1. The van der Waals surface area contributed by atoms with Crippen LogP contribution in [0.4, 0.5) is 10.3 Å². The Labute approximate surface area is 194 Å². The lowest BCUT2D eigenvalue weighted by molar-refractivity contribution is -0.148. The summed E-state index contributed by atoms with van der Waals surface area (Å²) in [6, 6.07) is 2.69. The summed E-state index contributed by atoms with van der Waals surface area (Å²) in [5.41, 5.74) is 7.22. The number of rotatable bonds is 6. The Morgan fingerprint density at radius 2 is 1.94 bits per heavy atom. The second kappa shape index (κ2) is 9.72. The van der Waals surface area contributed by atoms with Gasteiger partial charge in [-0.1, -0.05) is 0 Å². The first-order chi connectivity index (χ1) is 16.3. The molecule has 180 valence electrons. The molecule has 1 aliphatic rings. The number of carbonyl (C=O) groups is 1. The van der Waals surface area contributed by atoms with Gasteiger partial charge >= 0.3 is 5.97 Å². The van der Waals surface area contributed by atoms with Gasteiger partial charge in [-0.15, -0.1) is 0 Å². The van der Waals surface area contributed by atoms with E-state index >= 15 is 0 Å². The van der Waals surface area contributed by atoms with E-state index in [1.165, 1.54) is 26.5 Å². The number of nitrogens with zero attached hydrogens (tertiary/aromatic N) is 4. The standard InChI is InChI=1S/C23H26FN5O5/c1-12-16-9-17(13-8-18(24)21(33-3)26-10-13)22(31)29(20(16)28-23(25)27-12)14-4-6-15(7-5-14)34-11-19(30)32-2/h8-10,14-15H,4-7,11H2,1-3H3,(H2,25,27,28). The first-order valence-corrected chi connectivity index (χ1v) is 10.9. The van der Waals surface area contributed by atoms with Crippen molar-refractivity contribution in [3.8, 4) is 17.0 Å². The van der Waals surface area contributed by atoms with Crippen LogP contribution in [-0.2, 0) is 14.3 Å². The van der Waals surface area contributed by atoms with Crippen molar-refractivity contribution in [3.05, 3.63) is 40.2 Å². The smallest absolute Gasteiger partial charge is 0.331 e. The Balaban J connectivity index is 1.75. The van der Waals surface area contributed by atoms with Gasteiger partial charge < -0.3 is 19.9 Å². The van der Waals surface area contributed by atoms with Crippen LogP contribution in [0.3, 0.4) is 0 Å². The van der Waals surface area contributed by atoms with Crippen molar-refractivity contribution >= 4 is 23.0 Å². The SMILES string of the molecule is COC(=O)COC1CCC(n2c(=O)c(-c3cnc(OC)c(F)c3)cc3c(C)nc(N)nc32)CC1. The van der Waals surface area contributed by atoms with Crippen molar-refractivity contribution in [2.45, 2.75) is 44.8 Å². The van der Waals surface area contributed by atoms with Gasteiger partial charge in [-0.3, -0.25) is 9.36 Å². The number of aromatic nitrogens is 4. The minimum Gasteiger partial charge on any atom is -0.479 e. The number of nitrogens with two attached hydrogens (primary N) is 1. The summed E-state index contributed by atoms with van der Waals surface area (Å²) < 4.78 is 31.2. The quantitative estimate of drug-likeness (QED) is 0.539. The van der Waals surface area contributed by atoms with E-state index in [-0.39, 0.29) is 41.7 Å². The number of halogens is 1. The largest absolute Gasteiger partial charge is 0.479 e. The van der Waals surface area contributed by atoms with E-state index in [0.717, 1.165) is 0 Å². The van der Waals surface area contributed by atoms with Crippen LogP contribution in [0.5, 0.6) is 5.88 Å². The second-order valence-corrected chi connectivity index (χ2v) is 8.17. The molecule has 3 heterocycles. The van der Waals surface area contributed by atoms with Gasteiger partial charge in [0, 0.05) is 28.8 Å². The van der Waals surface area contributed by atoms with Crippen molar-refractivity contribution < 1.29 is 23.4 Å². The molecular weight excluding hydrogens is 445 g/mol. The van der Waals surface area contributed by atoms with Gasteiger partial charge in [0.05, 0.1) is 26.0 Å². The Hall–Kier alpha value is -3.60. The molecule has 0 radical (unpaired) electrons. The number of aryl methyl sites for hydroxylation is 1. The van der Waals surface area contributed by atoms with E-state index in [0.29, 0.717) is 48.0 Å². The number of hydrogen-bond acceptors (Lipinski definition) is 9. The maximum Gasteiger partial charge on any atom is 0.331 e. The zero-order valence-electron chi connectivity index (χ0n) is 19.2. The minimum absolute atomic E-state index is 0.0677. The highest BCUT2D eigenvalue weighted by Gasteiger charge is 2.27. The lowest BCUT2D eigenvalue weighted by Gasteiger charge is -2.30. The summed E-state index contributed by atoms with van der Waals surface area (Å²) in [6.45, 7) is 1.67. The Morgan fingerprint density at radius 3 is 2.59 bits per heavy atom. The Bertz CT molecular complexity index is 1290. The lowest BCUT2D eigenvalue weighted by Crippen LogP contribution is -2.32. The van der Waals surface area contributed by atoms with Crippen molar-refractivity contribution in [2.75, 3.05) is 26.6 Å². The molecule has 3 aromatic rings. The highest BCUT2D eigenvalue weighted by Crippen LogP contribution is 2.33. The van der Waals surface area contributed by atoms with Crippen molar-refractivity contribution in [1.29, 1.82) is 0 Å². The third-order valence-electron chi connectivity index (χ3n) is 6.08. The molecule has 1 aliphatic carbocycles. The summed E-state index contributed by atoms with van der Waals surface area (Å²) >= 11 is 0. The number of ether oxygens (including phenoxy) is 3. The molecule has 0 aromatic carbocycles. The van der Waals surface area contributed by atoms with Crippen LogP contribution >= 0.6 is 0 Å². The summed E-state index contributed by atoms with van der Waals surface area (Å²) in [4.78, 5) is 37.6. The molecule has 10 nitrogen and oxygen atoms in total. The molecule has 2 N–H and O–H groups in total. The maximum atomic E-state index is 14.4. The van der Waals surface area contributed by atoms with Crippen LogP contribution in [0.25, 0.3) is 22.2 Å². The number of nitrogen functional groups attached to an aromatic ring is 1. The average molecular weight is 471 g/mol. The predicted octanol–water partition coefficient (Wildman–Crippen LogP) is 2.57. The fraction of sp³-hybridized carbons (Fsp3) is 0.435. The molecule has 0 amide bonds. The minimum atomic E-state index is -0.667. The summed E-state index contributed by atoms with van der Waals surface area (Å²) in [7, 11) is 2.64. The van der Waals surface area contributed by atoms with Gasteiger partial charge in [0.2, 0.25) is 11.8 Å². The topological polar surface area (TPSA) is 131 Å². The Morgan fingerprint density at radius 1 is 1.21 bits per heavy atom. The van der Waals surface area contributed by atoms with E-state index in [1.807, 2.05) is 0 Å². The molecule has 0 bridgehead atoms. The summed E-state index contributed by atoms with van der Waals surface area (Å²) in [5, 5.41) is 0.643. The van der Waals surface area contributed by atoms with Crippen LogP contribution in [0.1, 0.15) is 37.4 Å².